The van der Waals surface area contributed by atoms with Crippen molar-refractivity contribution in [2.75, 3.05) is 26.4 Å². The van der Waals surface area contributed by atoms with E-state index in [1.54, 1.807) is 0 Å². The zero-order valence-corrected chi connectivity index (χ0v) is 49.2. The Morgan fingerprint density at radius 1 is 0.356 bits per heavy atom. The summed E-state index contributed by atoms with van der Waals surface area (Å²) in [5.41, 5.74) is -1.12. The van der Waals surface area contributed by atoms with Gasteiger partial charge in [-0.2, -0.15) is 0 Å². The topological polar surface area (TPSA) is 93.1 Å². The second-order valence-electron chi connectivity index (χ2n) is 23.9. The Labute approximate surface area is 455 Å². The average Bonchev–Trinajstić information content (AvgIpc) is 3.46. The summed E-state index contributed by atoms with van der Waals surface area (Å²) in [6.45, 7) is 1.20. The van der Waals surface area contributed by atoms with Crippen LogP contribution >= 0.6 is 0 Å². The molecule has 0 bridgehead atoms. The first-order valence-corrected chi connectivity index (χ1v) is 33.3. The Balaban J connectivity index is 1.66. The molecule has 6 heteroatoms. The molecule has 73 heavy (non-hydrogen) atoms. The van der Waals surface area contributed by atoms with Crippen molar-refractivity contribution in [3.63, 3.8) is 0 Å². The highest BCUT2D eigenvalue weighted by Crippen LogP contribution is 2.25. The quantitative estimate of drug-likeness (QED) is 0.0358. The summed E-state index contributed by atoms with van der Waals surface area (Å²) in [6.07, 6.45) is 81.7. The molecule has 1 unspecified atom stereocenters. The summed E-state index contributed by atoms with van der Waals surface area (Å²) in [5, 5.41) is 19.2. The Bertz CT molecular complexity index is 1150. The number of aliphatic hydroxyl groups excluding tert-OH is 2. The van der Waals surface area contributed by atoms with Crippen molar-refractivity contribution in [3.05, 3.63) is 12.2 Å². The molecule has 0 aliphatic carbocycles. The molecule has 0 amide bonds. The average molecular weight is 1030 g/mol. The van der Waals surface area contributed by atoms with Crippen LogP contribution in [-0.2, 0) is 19.1 Å². The summed E-state index contributed by atoms with van der Waals surface area (Å²) in [7, 11) is 0. The van der Waals surface area contributed by atoms with Crippen LogP contribution in [0.1, 0.15) is 366 Å². The van der Waals surface area contributed by atoms with Crippen molar-refractivity contribution in [2.24, 2.45) is 11.3 Å². The Hall–Kier alpha value is -1.40. The highest BCUT2D eigenvalue weighted by atomic mass is 16.6. The van der Waals surface area contributed by atoms with Gasteiger partial charge in [0.15, 0.2) is 0 Å². The lowest BCUT2D eigenvalue weighted by molar-refractivity contribution is -0.155. The van der Waals surface area contributed by atoms with Crippen LogP contribution in [0.15, 0.2) is 12.2 Å². The monoisotopic (exact) mass is 1030 g/mol. The maximum atomic E-state index is 12.6. The van der Waals surface area contributed by atoms with E-state index >= 15 is 0 Å². The molecule has 0 saturated carbocycles. The highest BCUT2D eigenvalue weighted by molar-refractivity contribution is 5.80. The first-order valence-electron chi connectivity index (χ1n) is 33.3. The van der Waals surface area contributed by atoms with Crippen LogP contribution < -0.4 is 0 Å². The lowest BCUT2D eigenvalue weighted by Crippen LogP contribution is -2.40. The second-order valence-corrected chi connectivity index (χ2v) is 23.9. The number of ether oxygens (including phenoxy) is 2. The molecule has 2 N–H and O–H groups in total. The van der Waals surface area contributed by atoms with Crippen LogP contribution in [0.5, 0.6) is 0 Å². The van der Waals surface area contributed by atoms with E-state index in [0.717, 1.165) is 19.3 Å². The first-order chi connectivity index (χ1) is 36.1. The number of carbonyl (C=O) groups excluding carboxylic acids is 2. The molecular formula is C67H128O6. The van der Waals surface area contributed by atoms with Crippen molar-refractivity contribution in [1.29, 1.82) is 0 Å². The molecule has 1 saturated heterocycles. The van der Waals surface area contributed by atoms with Crippen molar-refractivity contribution in [1.82, 2.24) is 0 Å². The maximum absolute atomic E-state index is 12.6. The van der Waals surface area contributed by atoms with Gasteiger partial charge in [-0.1, -0.05) is 340 Å². The van der Waals surface area contributed by atoms with Gasteiger partial charge < -0.3 is 19.7 Å². The van der Waals surface area contributed by atoms with Crippen molar-refractivity contribution in [3.8, 4) is 0 Å². The molecule has 0 radical (unpaired) electrons. The fourth-order valence-corrected chi connectivity index (χ4v) is 11.1. The number of allylic oxidation sites excluding steroid dienone is 2. The number of esters is 2. The van der Waals surface area contributed by atoms with Gasteiger partial charge in [0.2, 0.25) is 0 Å². The van der Waals surface area contributed by atoms with Crippen LogP contribution in [0.4, 0.5) is 0 Å². The van der Waals surface area contributed by atoms with E-state index in [-0.39, 0.29) is 19.6 Å². The molecular weight excluding hydrogens is 901 g/mol. The maximum Gasteiger partial charge on any atom is 0.309 e. The zero-order chi connectivity index (χ0) is 52.5. The van der Waals surface area contributed by atoms with Gasteiger partial charge >= 0.3 is 11.9 Å². The van der Waals surface area contributed by atoms with Crippen LogP contribution in [-0.4, -0.2) is 48.6 Å². The van der Waals surface area contributed by atoms with Gasteiger partial charge in [0.25, 0.3) is 0 Å². The summed E-state index contributed by atoms with van der Waals surface area (Å²) < 4.78 is 10.6. The number of hydrogen-bond donors (Lipinski definition) is 2. The van der Waals surface area contributed by atoms with Crippen molar-refractivity contribution in [2.45, 2.75) is 366 Å². The minimum absolute atomic E-state index is 0.00524. The predicted octanol–water partition coefficient (Wildman–Crippen LogP) is 21.1. The van der Waals surface area contributed by atoms with Gasteiger partial charge in [-0.25, -0.2) is 0 Å². The fraction of sp³-hybridized carbons (Fsp3) is 0.940. The molecule has 1 rings (SSSR count). The molecule has 0 aromatic heterocycles. The molecule has 432 valence electrons. The predicted molar refractivity (Wildman–Crippen MR) is 315 cm³/mol. The molecule has 6 nitrogen and oxygen atoms in total. The van der Waals surface area contributed by atoms with Gasteiger partial charge in [-0.3, -0.25) is 9.59 Å². The van der Waals surface area contributed by atoms with Gasteiger partial charge in [-0.15, -0.1) is 0 Å². The van der Waals surface area contributed by atoms with Crippen LogP contribution in [0, 0.1) is 11.3 Å². The normalized spacial score (nSPS) is 15.2. The molecule has 1 fully saturated rings. The first kappa shape index (κ1) is 69.6. The summed E-state index contributed by atoms with van der Waals surface area (Å²) in [6, 6.07) is 0. The van der Waals surface area contributed by atoms with E-state index < -0.39 is 36.5 Å². The molecule has 1 aliphatic heterocycles. The third kappa shape index (κ3) is 48.7. The number of carbonyl (C=O) groups is 2. The lowest BCUT2D eigenvalue weighted by Gasteiger charge is -2.27. The Kier molecular flexibility index (Phi) is 54.2. The van der Waals surface area contributed by atoms with Gasteiger partial charge in [-0.05, 0) is 32.1 Å². The third-order valence-electron chi connectivity index (χ3n) is 16.5. The van der Waals surface area contributed by atoms with Gasteiger partial charge in [0.05, 0.1) is 31.0 Å². The fourth-order valence-electron chi connectivity index (χ4n) is 11.1. The number of rotatable bonds is 58. The summed E-state index contributed by atoms with van der Waals surface area (Å²) in [5.74, 6) is -1.40. The smallest absolute Gasteiger partial charge is 0.309 e. The van der Waals surface area contributed by atoms with E-state index in [1.807, 2.05) is 0 Å². The number of hydrogen-bond acceptors (Lipinski definition) is 6. The number of cyclic esters (lactones) is 2. The summed E-state index contributed by atoms with van der Waals surface area (Å²) >= 11 is 0. The minimum atomic E-state index is -1.12. The van der Waals surface area contributed by atoms with Gasteiger partial charge in [0, 0.05) is 0 Å². The van der Waals surface area contributed by atoms with Gasteiger partial charge in [0.1, 0.15) is 13.2 Å². The van der Waals surface area contributed by atoms with Crippen molar-refractivity contribution < 1.29 is 29.3 Å². The molecule has 0 aromatic rings. The van der Waals surface area contributed by atoms with Crippen LogP contribution in [0.25, 0.3) is 0 Å². The van der Waals surface area contributed by atoms with E-state index in [0.29, 0.717) is 6.42 Å². The molecule has 1 atom stereocenters. The molecule has 1 aliphatic rings. The molecule has 0 spiro atoms. The van der Waals surface area contributed by atoms with E-state index in [4.69, 9.17) is 9.47 Å². The van der Waals surface area contributed by atoms with Crippen LogP contribution in [0.2, 0.25) is 0 Å². The Morgan fingerprint density at radius 3 is 0.849 bits per heavy atom. The zero-order valence-electron chi connectivity index (χ0n) is 49.2. The largest absolute Gasteiger partial charge is 0.465 e. The SMILES string of the molecule is CCCCCC/C=C/CCCCCCCCCCCCCCCCCCCCCCCCCCCCCCCCCCCCCCCCCCCCCCCCCCC1CC(=O)OCC(CO)(CO)COC1=O. The van der Waals surface area contributed by atoms with Crippen LogP contribution in [0.3, 0.4) is 0 Å². The van der Waals surface area contributed by atoms with E-state index in [9.17, 15) is 19.8 Å². The van der Waals surface area contributed by atoms with E-state index in [1.165, 1.54) is 327 Å². The third-order valence-corrected chi connectivity index (χ3v) is 16.5. The summed E-state index contributed by atoms with van der Waals surface area (Å²) in [4.78, 5) is 24.7. The Morgan fingerprint density at radius 2 is 0.589 bits per heavy atom. The van der Waals surface area contributed by atoms with Crippen molar-refractivity contribution >= 4 is 11.9 Å². The highest BCUT2D eigenvalue weighted by Gasteiger charge is 2.36. The van der Waals surface area contributed by atoms with E-state index in [2.05, 4.69) is 19.1 Å². The standard InChI is InChI=1S/C67H128O6/c1-2-3-4-5-6-7-8-9-10-11-12-13-14-15-16-17-18-19-20-21-22-23-24-25-26-27-28-29-30-31-32-33-34-35-36-37-38-39-40-41-42-43-44-45-46-47-48-49-50-51-52-53-54-55-56-57-58-64-59-65(70)72-62-67(60-68,61-69)63-73-66(64)71/h7-8,64,68-69H,2-6,9-63H2,1H3/b8-7+. The molecule has 0 aromatic carbocycles. The molecule has 1 heterocycles. The number of aliphatic hydroxyl groups is 2. The number of unbranched alkanes of at least 4 members (excludes halogenated alkanes) is 52. The minimum Gasteiger partial charge on any atom is -0.465 e. The second kappa shape index (κ2) is 56.8. The lowest BCUT2D eigenvalue weighted by atomic mass is 9.92.